The molecular weight excluding hydrogens is 478 g/mol. The average Bonchev–Trinajstić information content (AvgIpc) is 3.60. The van der Waals surface area contributed by atoms with E-state index in [1.165, 1.54) is 11.1 Å². The van der Waals surface area contributed by atoms with E-state index in [0.29, 0.717) is 25.7 Å². The normalized spacial score (nSPS) is 35.7. The zero-order valence-electron chi connectivity index (χ0n) is 22.5. The van der Waals surface area contributed by atoms with Crippen LogP contribution in [0.1, 0.15) is 63.6 Å². The number of cyclic esters (lactones) is 1. The molecule has 1 N–H and O–H groups in total. The molecule has 3 fully saturated rings. The van der Waals surface area contributed by atoms with E-state index in [1.54, 1.807) is 6.26 Å². The zero-order valence-corrected chi connectivity index (χ0v) is 22.5. The predicted molar refractivity (Wildman–Crippen MR) is 144 cm³/mol. The van der Waals surface area contributed by atoms with Crippen molar-refractivity contribution in [3.05, 3.63) is 83.9 Å². The van der Waals surface area contributed by atoms with Crippen LogP contribution < -0.4 is 5.32 Å². The first-order valence-electron chi connectivity index (χ1n) is 14.0. The highest BCUT2D eigenvalue weighted by atomic mass is 16.7. The smallest absolute Gasteiger partial charge is 0.335 e. The fourth-order valence-corrected chi connectivity index (χ4v) is 7.89. The molecule has 1 aromatic heterocycles. The third kappa shape index (κ3) is 4.47. The maximum atomic E-state index is 12.7. The first-order chi connectivity index (χ1) is 18.4. The Labute approximate surface area is 225 Å². The van der Waals surface area contributed by atoms with Gasteiger partial charge in [0.15, 0.2) is 5.76 Å². The number of allylic oxidation sites excluding steroid dienone is 1. The second-order valence-corrected chi connectivity index (χ2v) is 12.0. The lowest BCUT2D eigenvalue weighted by atomic mass is 9.45. The van der Waals surface area contributed by atoms with Gasteiger partial charge >= 0.3 is 5.97 Å². The van der Waals surface area contributed by atoms with Crippen molar-refractivity contribution < 1.29 is 23.4 Å². The zero-order chi connectivity index (χ0) is 26.3. The van der Waals surface area contributed by atoms with E-state index < -0.39 is 6.29 Å². The number of fused-ring (bicyclic) bond motifs is 3. The van der Waals surface area contributed by atoms with Crippen molar-refractivity contribution in [3.8, 4) is 0 Å². The average molecular weight is 518 g/mol. The summed E-state index contributed by atoms with van der Waals surface area (Å²) in [6.07, 6.45) is 8.24. The summed E-state index contributed by atoms with van der Waals surface area (Å²) in [5.74, 6) is 1.25. The Morgan fingerprint density at radius 3 is 2.68 bits per heavy atom. The lowest BCUT2D eigenvalue weighted by molar-refractivity contribution is -0.311. The third-order valence-electron chi connectivity index (χ3n) is 9.92. The number of nitrogens with one attached hydrogen (secondary N) is 1. The van der Waals surface area contributed by atoms with Gasteiger partial charge in [0.1, 0.15) is 6.61 Å². The second-order valence-electron chi connectivity index (χ2n) is 12.0. The number of rotatable bonds is 7. The van der Waals surface area contributed by atoms with E-state index in [1.807, 2.05) is 36.4 Å². The van der Waals surface area contributed by atoms with Gasteiger partial charge in [0, 0.05) is 18.0 Å². The number of benzene rings is 1. The van der Waals surface area contributed by atoms with Crippen LogP contribution in [0.15, 0.2) is 76.9 Å². The van der Waals surface area contributed by atoms with Crippen LogP contribution in [0.3, 0.4) is 0 Å². The predicted octanol–water partition coefficient (Wildman–Crippen LogP) is 6.11. The summed E-state index contributed by atoms with van der Waals surface area (Å²) in [6.45, 7) is 11.1. The van der Waals surface area contributed by atoms with Crippen LogP contribution in [-0.4, -0.2) is 31.3 Å². The lowest BCUT2D eigenvalue weighted by Gasteiger charge is -2.62. The fraction of sp³-hybridized carbons (Fsp3) is 0.531. The quantitative estimate of drug-likeness (QED) is 0.353. The molecule has 38 heavy (non-hydrogen) atoms. The molecule has 2 aliphatic heterocycles. The highest BCUT2D eigenvalue weighted by Gasteiger charge is 2.60. The molecule has 0 bridgehead atoms. The van der Waals surface area contributed by atoms with Gasteiger partial charge in [0.2, 0.25) is 6.29 Å². The summed E-state index contributed by atoms with van der Waals surface area (Å²) in [6, 6.07) is 14.1. The van der Waals surface area contributed by atoms with Gasteiger partial charge in [-0.1, -0.05) is 56.3 Å². The number of hydrogen-bond acceptors (Lipinski definition) is 6. The van der Waals surface area contributed by atoms with E-state index >= 15 is 0 Å². The van der Waals surface area contributed by atoms with Crippen molar-refractivity contribution >= 4 is 5.97 Å². The molecule has 6 nitrogen and oxygen atoms in total. The van der Waals surface area contributed by atoms with Gasteiger partial charge in [-0.2, -0.15) is 0 Å². The minimum absolute atomic E-state index is 0.0422. The van der Waals surface area contributed by atoms with E-state index in [2.05, 4.69) is 37.9 Å². The lowest BCUT2D eigenvalue weighted by Crippen LogP contribution is -2.60. The molecule has 4 aliphatic rings. The number of carbonyl (C=O) groups excluding carboxylic acids is 1. The summed E-state index contributed by atoms with van der Waals surface area (Å²) in [7, 11) is 0. The van der Waals surface area contributed by atoms with E-state index in [-0.39, 0.29) is 34.9 Å². The Morgan fingerprint density at radius 2 is 1.95 bits per heavy atom. The summed E-state index contributed by atoms with van der Waals surface area (Å²) < 4.78 is 23.8. The fourth-order valence-electron chi connectivity index (χ4n) is 7.89. The van der Waals surface area contributed by atoms with Crippen molar-refractivity contribution in [1.29, 1.82) is 0 Å². The summed E-state index contributed by atoms with van der Waals surface area (Å²) in [5, 5.41) is 3.71. The van der Waals surface area contributed by atoms with Gasteiger partial charge in [-0.05, 0) is 73.1 Å². The molecule has 1 aromatic carbocycles. The number of hydrogen-bond donors (Lipinski definition) is 1. The third-order valence-corrected chi connectivity index (χ3v) is 9.92. The van der Waals surface area contributed by atoms with E-state index in [4.69, 9.17) is 18.6 Å². The Hall–Kier alpha value is -2.67. The number of ether oxygens (including phenoxy) is 3. The van der Waals surface area contributed by atoms with Crippen LogP contribution >= 0.6 is 0 Å². The molecule has 6 rings (SSSR count). The monoisotopic (exact) mass is 517 g/mol. The molecule has 1 saturated heterocycles. The second kappa shape index (κ2) is 10.1. The standard InChI is InChI=1S/C32H39NO5/c1-21-11-12-27-31(2,15-13-28-32(27,3)20-37-30(38-28)26-10-7-16-35-26)24(21)18-25(23-14-17-36-29(23)34)33-19-22-8-5-4-6-9-22/h4-10,14,16,24-25,27-28,30,33H,1,11-13,15,17-20H2,2-3H3. The Morgan fingerprint density at radius 1 is 1.11 bits per heavy atom. The minimum Gasteiger partial charge on any atom is -0.464 e. The van der Waals surface area contributed by atoms with Crippen LogP contribution in [0, 0.1) is 22.7 Å². The molecule has 0 radical (unpaired) electrons. The largest absolute Gasteiger partial charge is 0.464 e. The maximum Gasteiger partial charge on any atom is 0.335 e. The van der Waals surface area contributed by atoms with Gasteiger partial charge in [0.05, 0.1) is 24.5 Å². The summed E-state index contributed by atoms with van der Waals surface area (Å²) in [4.78, 5) is 12.7. The number of carbonyl (C=O) groups is 1. The van der Waals surface area contributed by atoms with Crippen molar-refractivity contribution in [3.63, 3.8) is 0 Å². The van der Waals surface area contributed by atoms with Gasteiger partial charge < -0.3 is 23.9 Å². The molecule has 0 spiro atoms. The SMILES string of the molecule is C=C1CCC2C3(C)COC(c4ccco4)OC3CCC2(C)C1CC(NCc1ccccc1)C1=CCOC1=O. The molecule has 2 aromatic rings. The first-order valence-corrected chi connectivity index (χ1v) is 14.0. The van der Waals surface area contributed by atoms with Crippen molar-refractivity contribution in [2.45, 2.75) is 70.9 Å². The van der Waals surface area contributed by atoms with Crippen LogP contribution in [0.2, 0.25) is 0 Å². The molecule has 7 atom stereocenters. The Balaban J connectivity index is 1.24. The van der Waals surface area contributed by atoms with Gasteiger partial charge in [0.25, 0.3) is 0 Å². The van der Waals surface area contributed by atoms with Gasteiger partial charge in [-0.15, -0.1) is 0 Å². The van der Waals surface area contributed by atoms with Gasteiger partial charge in [-0.3, -0.25) is 0 Å². The summed E-state index contributed by atoms with van der Waals surface area (Å²) >= 11 is 0. The van der Waals surface area contributed by atoms with Crippen molar-refractivity contribution in [2.75, 3.05) is 13.2 Å². The molecule has 202 valence electrons. The Bertz CT molecular complexity index is 1190. The maximum absolute atomic E-state index is 12.7. The molecular formula is C32H39NO5. The van der Waals surface area contributed by atoms with E-state index in [9.17, 15) is 4.79 Å². The number of esters is 1. The highest BCUT2D eigenvalue weighted by Crippen LogP contribution is 2.64. The molecule has 0 amide bonds. The highest BCUT2D eigenvalue weighted by molar-refractivity contribution is 5.91. The molecule has 2 saturated carbocycles. The van der Waals surface area contributed by atoms with Crippen molar-refractivity contribution in [2.24, 2.45) is 22.7 Å². The van der Waals surface area contributed by atoms with Crippen molar-refractivity contribution in [1.82, 2.24) is 5.32 Å². The molecule has 3 heterocycles. The number of furan rings is 1. The molecule has 6 heteroatoms. The Kier molecular flexibility index (Phi) is 6.83. The molecule has 7 unspecified atom stereocenters. The topological polar surface area (TPSA) is 69.9 Å². The first kappa shape index (κ1) is 25.6. The van der Waals surface area contributed by atoms with Crippen LogP contribution in [0.4, 0.5) is 0 Å². The van der Waals surface area contributed by atoms with Crippen LogP contribution in [-0.2, 0) is 25.5 Å². The summed E-state index contributed by atoms with van der Waals surface area (Å²) in [5.41, 5.74) is 3.21. The molecule has 2 aliphatic carbocycles. The minimum atomic E-state index is -0.436. The van der Waals surface area contributed by atoms with Crippen LogP contribution in [0.25, 0.3) is 0 Å². The van der Waals surface area contributed by atoms with Crippen LogP contribution in [0.5, 0.6) is 0 Å². The van der Waals surface area contributed by atoms with Gasteiger partial charge in [-0.25, -0.2) is 4.79 Å². The van der Waals surface area contributed by atoms with E-state index in [0.717, 1.165) is 43.4 Å².